The summed E-state index contributed by atoms with van der Waals surface area (Å²) in [6.45, 7) is 3.63. The Kier molecular flexibility index (Phi) is 5.67. The van der Waals surface area contributed by atoms with Crippen molar-refractivity contribution >= 4 is 17.4 Å². The smallest absolute Gasteiger partial charge is 0.362 e. The molecule has 4 nitrogen and oxygen atoms in total. The summed E-state index contributed by atoms with van der Waals surface area (Å²) in [5, 5.41) is 6.12. The van der Waals surface area contributed by atoms with E-state index in [1.165, 1.54) is 12.1 Å². The highest BCUT2D eigenvalue weighted by Gasteiger charge is 2.39. The van der Waals surface area contributed by atoms with Gasteiger partial charge in [-0.25, -0.2) is 0 Å². The molecule has 1 aliphatic heterocycles. The molecular formula is C25H23F3N2O2. The molecule has 0 saturated heterocycles. The largest absolute Gasteiger partial charge is 0.416 e. The fraction of sp³-hybridized carbons (Fsp3) is 0.280. The summed E-state index contributed by atoms with van der Waals surface area (Å²) in [6, 6.07) is 12.0. The van der Waals surface area contributed by atoms with Crippen molar-refractivity contribution in [3.05, 3.63) is 87.8 Å². The van der Waals surface area contributed by atoms with Crippen molar-refractivity contribution in [2.24, 2.45) is 0 Å². The van der Waals surface area contributed by atoms with E-state index in [1.807, 2.05) is 25.1 Å². The third kappa shape index (κ3) is 4.07. The standard InChI is InChI=1S/C25H23F3N2O2/c1-14-6-3-4-7-18(14)30-24(32)21-15(2)29-19-8-5-9-20(31)23(19)22(21)16-10-12-17(13-11-16)25(26,27)28/h3-4,6-7,10-13,22,29H,5,8-9H2,1-2H3,(H,30,32). The van der Waals surface area contributed by atoms with Gasteiger partial charge in [0.15, 0.2) is 5.78 Å². The normalized spacial score (nSPS) is 18.9. The van der Waals surface area contributed by atoms with Crippen molar-refractivity contribution in [3.8, 4) is 0 Å². The molecule has 0 saturated carbocycles. The zero-order valence-electron chi connectivity index (χ0n) is 17.8. The van der Waals surface area contributed by atoms with Crippen LogP contribution in [0.25, 0.3) is 0 Å². The highest BCUT2D eigenvalue weighted by atomic mass is 19.4. The molecule has 0 bridgehead atoms. The zero-order chi connectivity index (χ0) is 23.0. The number of carbonyl (C=O) groups excluding carboxylic acids is 2. The van der Waals surface area contributed by atoms with Crippen LogP contribution in [0, 0.1) is 6.92 Å². The highest BCUT2D eigenvalue weighted by Crippen LogP contribution is 2.43. The van der Waals surface area contributed by atoms with Gasteiger partial charge in [0.1, 0.15) is 0 Å². The average Bonchev–Trinajstić information content (AvgIpc) is 2.74. The first-order valence-corrected chi connectivity index (χ1v) is 10.4. The summed E-state index contributed by atoms with van der Waals surface area (Å²) in [5.74, 6) is -1.21. The van der Waals surface area contributed by atoms with Crippen LogP contribution in [0.15, 0.2) is 71.1 Å². The quantitative estimate of drug-likeness (QED) is 0.651. The molecule has 2 N–H and O–H groups in total. The van der Waals surface area contributed by atoms with Crippen molar-refractivity contribution in [2.45, 2.75) is 45.2 Å². The number of dihydropyridines is 1. The average molecular weight is 440 g/mol. The predicted octanol–water partition coefficient (Wildman–Crippen LogP) is 5.62. The molecule has 0 spiro atoms. The van der Waals surface area contributed by atoms with E-state index in [0.29, 0.717) is 47.4 Å². The number of anilines is 1. The summed E-state index contributed by atoms with van der Waals surface area (Å²) in [5.41, 5.74) is 3.37. The summed E-state index contributed by atoms with van der Waals surface area (Å²) in [6.07, 6.45) is -2.76. The molecule has 1 unspecified atom stereocenters. The Balaban J connectivity index is 1.79. The minimum Gasteiger partial charge on any atom is -0.362 e. The number of benzene rings is 2. The molecule has 1 heterocycles. The Bertz CT molecular complexity index is 1140. The molecule has 0 fully saturated rings. The van der Waals surface area contributed by atoms with Crippen molar-refractivity contribution in [1.29, 1.82) is 0 Å². The number of amides is 1. The number of aryl methyl sites for hydroxylation is 1. The van der Waals surface area contributed by atoms with Crippen LogP contribution >= 0.6 is 0 Å². The Hall–Kier alpha value is -3.35. The molecule has 2 aromatic carbocycles. The van der Waals surface area contributed by atoms with E-state index >= 15 is 0 Å². The maximum absolute atomic E-state index is 13.4. The van der Waals surface area contributed by atoms with Crippen LogP contribution in [0.5, 0.6) is 0 Å². The van der Waals surface area contributed by atoms with E-state index in [9.17, 15) is 22.8 Å². The molecule has 1 amide bonds. The molecule has 7 heteroatoms. The van der Waals surface area contributed by atoms with E-state index < -0.39 is 17.7 Å². The van der Waals surface area contributed by atoms with Crippen molar-refractivity contribution in [3.63, 3.8) is 0 Å². The number of halogens is 3. The van der Waals surface area contributed by atoms with Gasteiger partial charge in [-0.05, 0) is 56.0 Å². The van der Waals surface area contributed by atoms with Gasteiger partial charge in [-0.1, -0.05) is 30.3 Å². The molecule has 166 valence electrons. The van der Waals surface area contributed by atoms with Gasteiger partial charge in [-0.2, -0.15) is 13.2 Å². The maximum atomic E-state index is 13.4. The number of ketones is 1. The van der Waals surface area contributed by atoms with E-state index in [4.69, 9.17) is 0 Å². The lowest BCUT2D eigenvalue weighted by molar-refractivity contribution is -0.137. The van der Waals surface area contributed by atoms with E-state index in [0.717, 1.165) is 23.4 Å². The van der Waals surface area contributed by atoms with Gasteiger partial charge in [-0.15, -0.1) is 0 Å². The maximum Gasteiger partial charge on any atom is 0.416 e. The van der Waals surface area contributed by atoms with Crippen LogP contribution in [0.4, 0.5) is 18.9 Å². The number of carbonyl (C=O) groups is 2. The van der Waals surface area contributed by atoms with Crippen LogP contribution in [0.3, 0.4) is 0 Å². The van der Waals surface area contributed by atoms with Gasteiger partial charge in [0.05, 0.1) is 5.56 Å². The number of hydrogen-bond donors (Lipinski definition) is 2. The number of allylic oxidation sites excluding steroid dienone is 3. The molecule has 0 radical (unpaired) electrons. The molecular weight excluding hydrogens is 417 g/mol. The second-order valence-electron chi connectivity index (χ2n) is 8.15. The van der Waals surface area contributed by atoms with Crippen LogP contribution in [-0.4, -0.2) is 11.7 Å². The topological polar surface area (TPSA) is 58.2 Å². The van der Waals surface area contributed by atoms with E-state index in [1.54, 1.807) is 13.0 Å². The minimum atomic E-state index is -4.46. The number of nitrogens with one attached hydrogen (secondary N) is 2. The van der Waals surface area contributed by atoms with Crippen molar-refractivity contribution < 1.29 is 22.8 Å². The van der Waals surface area contributed by atoms with Crippen molar-refractivity contribution in [1.82, 2.24) is 5.32 Å². The zero-order valence-corrected chi connectivity index (χ0v) is 17.8. The van der Waals surface area contributed by atoms with Gasteiger partial charge >= 0.3 is 6.18 Å². The number of alkyl halides is 3. The van der Waals surface area contributed by atoms with Gasteiger partial charge < -0.3 is 10.6 Å². The first-order chi connectivity index (χ1) is 15.2. The van der Waals surface area contributed by atoms with Gasteiger partial charge in [-0.3, -0.25) is 9.59 Å². The predicted molar refractivity (Wildman–Crippen MR) is 116 cm³/mol. The Labute approximate surface area is 184 Å². The lowest BCUT2D eigenvalue weighted by Gasteiger charge is -2.34. The molecule has 32 heavy (non-hydrogen) atoms. The monoisotopic (exact) mass is 440 g/mol. The molecule has 2 aromatic rings. The summed E-state index contributed by atoms with van der Waals surface area (Å²) >= 11 is 0. The fourth-order valence-electron chi connectivity index (χ4n) is 4.38. The lowest BCUT2D eigenvalue weighted by Crippen LogP contribution is -2.35. The highest BCUT2D eigenvalue weighted by molar-refractivity contribution is 6.10. The number of rotatable bonds is 3. The van der Waals surface area contributed by atoms with E-state index in [-0.39, 0.29) is 11.7 Å². The van der Waals surface area contributed by atoms with Crippen LogP contribution < -0.4 is 10.6 Å². The SMILES string of the molecule is CC1=C(C(=O)Nc2ccccc2C)C(c2ccc(C(F)(F)F)cc2)C2=C(CCCC2=O)N1. The number of hydrogen-bond acceptors (Lipinski definition) is 3. The molecule has 1 atom stereocenters. The van der Waals surface area contributed by atoms with Gasteiger partial charge in [0.25, 0.3) is 5.91 Å². The molecule has 4 rings (SSSR count). The van der Waals surface area contributed by atoms with Crippen molar-refractivity contribution in [2.75, 3.05) is 5.32 Å². The summed E-state index contributed by atoms with van der Waals surface area (Å²) in [4.78, 5) is 26.3. The lowest BCUT2D eigenvalue weighted by atomic mass is 9.75. The van der Waals surface area contributed by atoms with Gasteiger partial charge in [0.2, 0.25) is 0 Å². The molecule has 1 aliphatic carbocycles. The summed E-state index contributed by atoms with van der Waals surface area (Å²) in [7, 11) is 0. The third-order valence-electron chi connectivity index (χ3n) is 5.99. The molecule has 2 aliphatic rings. The van der Waals surface area contributed by atoms with Crippen LogP contribution in [0.2, 0.25) is 0 Å². The fourth-order valence-corrected chi connectivity index (χ4v) is 4.38. The van der Waals surface area contributed by atoms with E-state index in [2.05, 4.69) is 10.6 Å². The van der Waals surface area contributed by atoms with Crippen LogP contribution in [0.1, 0.15) is 48.8 Å². The Morgan fingerprint density at radius 2 is 1.72 bits per heavy atom. The Morgan fingerprint density at radius 1 is 1.03 bits per heavy atom. The second kappa shape index (κ2) is 8.30. The summed E-state index contributed by atoms with van der Waals surface area (Å²) < 4.78 is 39.3. The Morgan fingerprint density at radius 3 is 2.38 bits per heavy atom. The minimum absolute atomic E-state index is 0.0858. The molecule has 0 aromatic heterocycles. The van der Waals surface area contributed by atoms with Gasteiger partial charge in [0, 0.05) is 40.6 Å². The second-order valence-corrected chi connectivity index (χ2v) is 8.15. The number of Topliss-reactive ketones (excluding diaryl/α,β-unsaturated/α-hetero) is 1. The number of para-hydroxylation sites is 1. The van der Waals surface area contributed by atoms with Crippen LogP contribution in [-0.2, 0) is 15.8 Å². The third-order valence-corrected chi connectivity index (χ3v) is 5.99. The first-order valence-electron chi connectivity index (χ1n) is 10.4. The first kappa shape index (κ1) is 21.9.